The Morgan fingerprint density at radius 2 is 2.00 bits per heavy atom. The Hall–Kier alpha value is -0.940. The van der Waals surface area contributed by atoms with Crippen LogP contribution in [0.25, 0.3) is 0 Å². The minimum Gasteiger partial charge on any atom is -0.354 e. The molecule has 1 aromatic carbocycles. The van der Waals surface area contributed by atoms with E-state index in [1.54, 1.807) is 6.92 Å². The Morgan fingerprint density at radius 1 is 1.32 bits per heavy atom. The van der Waals surface area contributed by atoms with Crippen molar-refractivity contribution in [3.05, 3.63) is 34.1 Å². The van der Waals surface area contributed by atoms with Crippen molar-refractivity contribution in [2.75, 3.05) is 6.54 Å². The third kappa shape index (κ3) is 6.16. The van der Waals surface area contributed by atoms with Gasteiger partial charge in [-0.05, 0) is 36.6 Å². The number of rotatable bonds is 6. The molecule has 0 saturated heterocycles. The van der Waals surface area contributed by atoms with Crippen molar-refractivity contribution in [2.45, 2.75) is 33.4 Å². The van der Waals surface area contributed by atoms with Gasteiger partial charge in [0.15, 0.2) is 0 Å². The van der Waals surface area contributed by atoms with Gasteiger partial charge in [-0.1, -0.05) is 29.8 Å². The maximum absolute atomic E-state index is 13.2. The van der Waals surface area contributed by atoms with E-state index in [0.29, 0.717) is 23.5 Å². The third-order valence-electron chi connectivity index (χ3n) is 2.61. The Balaban J connectivity index is 2.44. The van der Waals surface area contributed by atoms with Crippen LogP contribution in [0.2, 0.25) is 0 Å². The lowest BCUT2D eigenvalue weighted by molar-refractivity contribution is -0.122. The normalized spacial score (nSPS) is 12.5. The molecule has 0 fully saturated rings. The lowest BCUT2D eigenvalue weighted by atomic mass is 10.2. The first-order valence-electron chi connectivity index (χ1n) is 6.34. The first-order valence-corrected chi connectivity index (χ1v) is 7.14. The fourth-order valence-corrected chi connectivity index (χ4v) is 2.05. The van der Waals surface area contributed by atoms with Crippen molar-refractivity contribution in [3.8, 4) is 0 Å². The summed E-state index contributed by atoms with van der Waals surface area (Å²) in [5.41, 5.74) is 0.801. The molecule has 0 aliphatic rings. The molecule has 0 spiro atoms. The average Bonchev–Trinajstić information content (AvgIpc) is 2.31. The SMILES string of the molecule is CC(C)CNC(=O)C(C)NCc1cc(F)cc(Br)c1. The summed E-state index contributed by atoms with van der Waals surface area (Å²) in [7, 11) is 0. The standard InChI is InChI=1S/C14H20BrFN2O/c1-9(2)7-18-14(19)10(3)17-8-11-4-12(15)6-13(16)5-11/h4-6,9-10,17H,7-8H2,1-3H3,(H,18,19). The van der Waals surface area contributed by atoms with Gasteiger partial charge in [-0.25, -0.2) is 4.39 Å². The van der Waals surface area contributed by atoms with Gasteiger partial charge in [0.25, 0.3) is 0 Å². The number of hydrogen-bond acceptors (Lipinski definition) is 2. The van der Waals surface area contributed by atoms with E-state index in [-0.39, 0.29) is 17.8 Å². The molecule has 5 heteroatoms. The van der Waals surface area contributed by atoms with Crippen LogP contribution in [0.3, 0.4) is 0 Å². The van der Waals surface area contributed by atoms with Crippen LogP contribution < -0.4 is 10.6 Å². The third-order valence-corrected chi connectivity index (χ3v) is 3.07. The molecule has 1 atom stereocenters. The summed E-state index contributed by atoms with van der Waals surface area (Å²) in [5, 5.41) is 5.93. The molecule has 0 aliphatic heterocycles. The lowest BCUT2D eigenvalue weighted by Crippen LogP contribution is -2.42. The first-order chi connectivity index (χ1) is 8.88. The molecular formula is C14H20BrFN2O. The molecule has 0 bridgehead atoms. The van der Waals surface area contributed by atoms with Gasteiger partial charge < -0.3 is 10.6 Å². The Labute approximate surface area is 122 Å². The number of benzene rings is 1. The zero-order valence-corrected chi connectivity index (χ0v) is 13.1. The molecule has 1 aromatic rings. The van der Waals surface area contributed by atoms with E-state index in [0.717, 1.165) is 5.56 Å². The van der Waals surface area contributed by atoms with Crippen LogP contribution in [0.4, 0.5) is 4.39 Å². The molecule has 1 rings (SSSR count). The summed E-state index contributed by atoms with van der Waals surface area (Å²) < 4.78 is 13.9. The maximum atomic E-state index is 13.2. The summed E-state index contributed by atoms with van der Waals surface area (Å²) in [6, 6.07) is 4.38. The van der Waals surface area contributed by atoms with E-state index in [1.807, 2.05) is 19.9 Å². The zero-order valence-electron chi connectivity index (χ0n) is 11.5. The summed E-state index contributed by atoms with van der Waals surface area (Å²) in [5.74, 6) is 0.0996. The Bertz CT molecular complexity index is 417. The minimum absolute atomic E-state index is 0.0378. The number of nitrogens with one attached hydrogen (secondary N) is 2. The van der Waals surface area contributed by atoms with Crippen LogP contribution in [-0.2, 0) is 11.3 Å². The van der Waals surface area contributed by atoms with Crippen LogP contribution in [0, 0.1) is 11.7 Å². The molecule has 0 aromatic heterocycles. The fraction of sp³-hybridized carbons (Fsp3) is 0.500. The van der Waals surface area contributed by atoms with Gasteiger partial charge in [-0.3, -0.25) is 4.79 Å². The van der Waals surface area contributed by atoms with Crippen molar-refractivity contribution in [3.63, 3.8) is 0 Å². The summed E-state index contributed by atoms with van der Waals surface area (Å²) in [6.07, 6.45) is 0. The van der Waals surface area contributed by atoms with Gasteiger partial charge in [-0.15, -0.1) is 0 Å². The second kappa shape index (κ2) is 7.60. The van der Waals surface area contributed by atoms with Crippen LogP contribution in [-0.4, -0.2) is 18.5 Å². The van der Waals surface area contributed by atoms with E-state index in [9.17, 15) is 9.18 Å². The van der Waals surface area contributed by atoms with Crippen LogP contribution >= 0.6 is 15.9 Å². The highest BCUT2D eigenvalue weighted by Gasteiger charge is 2.12. The molecule has 1 amide bonds. The summed E-state index contributed by atoms with van der Waals surface area (Å²) >= 11 is 3.24. The molecule has 0 saturated carbocycles. The van der Waals surface area contributed by atoms with E-state index in [4.69, 9.17) is 0 Å². The average molecular weight is 331 g/mol. The predicted octanol–water partition coefficient (Wildman–Crippen LogP) is 2.84. The smallest absolute Gasteiger partial charge is 0.236 e. The topological polar surface area (TPSA) is 41.1 Å². The number of amides is 1. The summed E-state index contributed by atoms with van der Waals surface area (Å²) in [6.45, 7) is 7.00. The van der Waals surface area contributed by atoms with E-state index >= 15 is 0 Å². The van der Waals surface area contributed by atoms with Crippen molar-refractivity contribution in [1.29, 1.82) is 0 Å². The van der Waals surface area contributed by atoms with E-state index in [2.05, 4.69) is 26.6 Å². The van der Waals surface area contributed by atoms with Gasteiger partial charge in [0.05, 0.1) is 6.04 Å². The Kier molecular flexibility index (Phi) is 6.45. The van der Waals surface area contributed by atoms with Crippen molar-refractivity contribution < 1.29 is 9.18 Å². The van der Waals surface area contributed by atoms with Gasteiger partial charge in [0.2, 0.25) is 5.91 Å². The van der Waals surface area contributed by atoms with Crippen LogP contribution in [0.5, 0.6) is 0 Å². The van der Waals surface area contributed by atoms with E-state index < -0.39 is 0 Å². The predicted molar refractivity (Wildman–Crippen MR) is 78.2 cm³/mol. The first kappa shape index (κ1) is 16.1. The maximum Gasteiger partial charge on any atom is 0.236 e. The van der Waals surface area contributed by atoms with Gasteiger partial charge >= 0.3 is 0 Å². The van der Waals surface area contributed by atoms with Crippen LogP contribution in [0.1, 0.15) is 26.3 Å². The van der Waals surface area contributed by atoms with E-state index in [1.165, 1.54) is 12.1 Å². The zero-order chi connectivity index (χ0) is 14.4. The highest BCUT2D eigenvalue weighted by Crippen LogP contribution is 2.14. The number of halogens is 2. The molecule has 3 nitrogen and oxygen atoms in total. The van der Waals surface area contributed by atoms with Gasteiger partial charge in [-0.2, -0.15) is 0 Å². The lowest BCUT2D eigenvalue weighted by Gasteiger charge is -2.15. The van der Waals surface area contributed by atoms with Gasteiger partial charge in [0.1, 0.15) is 5.82 Å². The van der Waals surface area contributed by atoms with Crippen LogP contribution in [0.15, 0.2) is 22.7 Å². The quantitative estimate of drug-likeness (QED) is 0.842. The molecule has 2 N–H and O–H groups in total. The second-order valence-corrected chi connectivity index (χ2v) is 5.93. The number of carbonyl (C=O) groups is 1. The minimum atomic E-state index is -0.305. The largest absolute Gasteiger partial charge is 0.354 e. The fourth-order valence-electron chi connectivity index (χ4n) is 1.53. The van der Waals surface area contributed by atoms with Gasteiger partial charge in [0, 0.05) is 17.6 Å². The summed E-state index contributed by atoms with van der Waals surface area (Å²) in [4.78, 5) is 11.7. The monoisotopic (exact) mass is 330 g/mol. The molecule has 19 heavy (non-hydrogen) atoms. The molecule has 0 aliphatic carbocycles. The second-order valence-electron chi connectivity index (χ2n) is 5.02. The highest BCUT2D eigenvalue weighted by atomic mass is 79.9. The molecule has 1 unspecified atom stereocenters. The molecular weight excluding hydrogens is 311 g/mol. The highest BCUT2D eigenvalue weighted by molar-refractivity contribution is 9.10. The number of carbonyl (C=O) groups excluding carboxylic acids is 1. The van der Waals surface area contributed by atoms with Crippen molar-refractivity contribution >= 4 is 21.8 Å². The van der Waals surface area contributed by atoms with Crippen molar-refractivity contribution in [2.24, 2.45) is 5.92 Å². The number of hydrogen-bond donors (Lipinski definition) is 2. The van der Waals surface area contributed by atoms with Crippen molar-refractivity contribution in [1.82, 2.24) is 10.6 Å². The molecule has 106 valence electrons. The molecule has 0 heterocycles. The molecule has 0 radical (unpaired) electrons. The Morgan fingerprint density at radius 3 is 2.58 bits per heavy atom.